The van der Waals surface area contributed by atoms with Crippen LogP contribution >= 0.6 is 0 Å². The average Bonchev–Trinajstić information content (AvgIpc) is 2.42. The Hall–Kier alpha value is 0.350. The van der Waals surface area contributed by atoms with Gasteiger partial charge in [0.2, 0.25) is 0 Å². The van der Waals surface area contributed by atoms with Crippen molar-refractivity contribution in [1.29, 1.82) is 0 Å². The first-order valence-electron chi connectivity index (χ1n) is 8.10. The molecule has 0 spiro atoms. The molecule has 0 aromatic heterocycles. The molecule has 0 heterocycles. The molecule has 0 N–H and O–H groups in total. The van der Waals surface area contributed by atoms with Gasteiger partial charge in [-0.25, -0.2) is 0 Å². The molecule has 0 unspecified atom stereocenters. The van der Waals surface area contributed by atoms with E-state index >= 15 is 0 Å². The third kappa shape index (κ3) is 4.19. The maximum atomic E-state index is 2.36. The second-order valence-corrected chi connectivity index (χ2v) is 8.73. The van der Waals surface area contributed by atoms with Crippen LogP contribution in [0.1, 0.15) is 84.0 Å². The average molecular weight is 255 g/mol. The van der Waals surface area contributed by atoms with E-state index < -0.39 is 0 Å². The summed E-state index contributed by atoms with van der Waals surface area (Å²) in [5.74, 6) is 1.58. The van der Waals surface area contributed by atoms with Crippen molar-refractivity contribution >= 4 is 10.9 Å². The molecule has 0 bridgehead atoms. The van der Waals surface area contributed by atoms with Crippen LogP contribution in [0.15, 0.2) is 0 Å². The van der Waals surface area contributed by atoms with Crippen LogP contribution in [-0.4, -0.2) is 16.3 Å². The van der Waals surface area contributed by atoms with Gasteiger partial charge in [-0.3, -0.25) is 0 Å². The summed E-state index contributed by atoms with van der Waals surface area (Å²) in [4.78, 5) is 0. The highest BCUT2D eigenvalue weighted by Gasteiger charge is 2.38. The van der Waals surface area contributed by atoms with E-state index in [1.54, 1.807) is 31.4 Å². The quantitative estimate of drug-likeness (QED) is 0.602. The molecule has 0 aromatic rings. The van der Waals surface area contributed by atoms with Gasteiger partial charge in [0.05, 0.1) is 0 Å². The Kier molecular flexibility index (Phi) is 6.25. The lowest BCUT2D eigenvalue weighted by Crippen LogP contribution is -2.37. The van der Waals surface area contributed by atoms with E-state index in [1.807, 2.05) is 0 Å². The smallest absolute Gasteiger partial charge is 0.0652 e. The predicted molar refractivity (Wildman–Crippen MR) is 80.9 cm³/mol. The molecule has 2 aliphatic carbocycles. The number of hydrogen-bond acceptors (Lipinski definition) is 0. The summed E-state index contributed by atoms with van der Waals surface area (Å²) in [6, 6.07) is 0. The monoisotopic (exact) mass is 255 g/mol. The Bertz CT molecular complexity index is 172. The third-order valence-corrected chi connectivity index (χ3v) is 8.11. The molecule has 2 fully saturated rings. The number of unbranched alkanes of at least 4 members (excludes halogenated alkanes) is 1. The first kappa shape index (κ1) is 13.8. The molecule has 0 amide bonds. The molecule has 2 rings (SSSR count). The van der Waals surface area contributed by atoms with E-state index in [1.165, 1.54) is 51.4 Å². The minimum atomic E-state index is 0.803. The van der Waals surface area contributed by atoms with Crippen LogP contribution in [0.5, 0.6) is 0 Å². The van der Waals surface area contributed by atoms with Gasteiger partial charge in [0.1, 0.15) is 16.3 Å². The van der Waals surface area contributed by atoms with Crippen LogP contribution in [0, 0.1) is 0 Å². The molecule has 0 radical (unpaired) electrons. The fourth-order valence-electron chi connectivity index (χ4n) is 3.65. The van der Waals surface area contributed by atoms with Gasteiger partial charge in [-0.05, 0) is 68.7 Å². The van der Waals surface area contributed by atoms with Crippen molar-refractivity contribution in [3.8, 4) is 0 Å². The Morgan fingerprint density at radius 1 is 0.765 bits per heavy atom. The Morgan fingerprint density at radius 2 is 1.24 bits per heavy atom. The van der Waals surface area contributed by atoms with Crippen molar-refractivity contribution in [2.75, 3.05) is 5.75 Å². The maximum Gasteiger partial charge on any atom is 0.118 e. The topological polar surface area (TPSA) is 0 Å². The molecule has 0 aromatic carbocycles. The fourth-order valence-corrected chi connectivity index (χ4v) is 7.36. The van der Waals surface area contributed by atoms with Crippen molar-refractivity contribution in [2.24, 2.45) is 0 Å². The summed E-state index contributed by atoms with van der Waals surface area (Å²) < 4.78 is 0. The highest BCUT2D eigenvalue weighted by Crippen LogP contribution is 2.34. The van der Waals surface area contributed by atoms with Gasteiger partial charge in [-0.1, -0.05) is 26.2 Å². The summed E-state index contributed by atoms with van der Waals surface area (Å²) in [5, 5.41) is 2.27. The van der Waals surface area contributed by atoms with Crippen LogP contribution in [0.4, 0.5) is 0 Å². The lowest BCUT2D eigenvalue weighted by molar-refractivity contribution is 0.488. The lowest BCUT2D eigenvalue weighted by Gasteiger charge is -2.30. The van der Waals surface area contributed by atoms with Gasteiger partial charge >= 0.3 is 0 Å². The zero-order valence-electron chi connectivity index (χ0n) is 11.8. The van der Waals surface area contributed by atoms with Crippen LogP contribution < -0.4 is 0 Å². The largest absolute Gasteiger partial charge is 0.118 e. The van der Waals surface area contributed by atoms with Crippen molar-refractivity contribution < 1.29 is 0 Å². The Balaban J connectivity index is 1.90. The zero-order valence-corrected chi connectivity index (χ0v) is 12.6. The first-order chi connectivity index (χ1) is 8.42. The number of hydrogen-bond donors (Lipinski definition) is 0. The second kappa shape index (κ2) is 7.71. The SMILES string of the molecule is CCCC[S+](C1CCCCC1)C1CCCCC1. The molecule has 2 aliphatic rings. The third-order valence-electron chi connectivity index (χ3n) is 4.69. The highest BCUT2D eigenvalue weighted by atomic mass is 32.2. The van der Waals surface area contributed by atoms with Gasteiger partial charge in [0.25, 0.3) is 0 Å². The molecule has 0 saturated heterocycles. The highest BCUT2D eigenvalue weighted by molar-refractivity contribution is 7.98. The van der Waals surface area contributed by atoms with Gasteiger partial charge in [0, 0.05) is 0 Å². The van der Waals surface area contributed by atoms with Gasteiger partial charge in [-0.15, -0.1) is 0 Å². The van der Waals surface area contributed by atoms with Gasteiger partial charge in [0.15, 0.2) is 0 Å². The second-order valence-electron chi connectivity index (χ2n) is 6.05. The van der Waals surface area contributed by atoms with Crippen LogP contribution in [0.25, 0.3) is 0 Å². The van der Waals surface area contributed by atoms with E-state index in [-0.39, 0.29) is 0 Å². The molecule has 0 atom stereocenters. The molecule has 0 aliphatic heterocycles. The first-order valence-corrected chi connectivity index (χ1v) is 9.62. The summed E-state index contributed by atoms with van der Waals surface area (Å²) >= 11 is 0. The minimum Gasteiger partial charge on any atom is -0.0652 e. The van der Waals surface area contributed by atoms with Crippen molar-refractivity contribution in [1.82, 2.24) is 0 Å². The molecule has 17 heavy (non-hydrogen) atoms. The summed E-state index contributed by atoms with van der Waals surface area (Å²) in [5.41, 5.74) is 0. The summed E-state index contributed by atoms with van der Waals surface area (Å²) in [7, 11) is 0.803. The van der Waals surface area contributed by atoms with Crippen molar-refractivity contribution in [2.45, 2.75) is 94.5 Å². The molecule has 2 saturated carbocycles. The Labute approximate surface area is 111 Å². The molecule has 1 heteroatoms. The van der Waals surface area contributed by atoms with E-state index in [0.29, 0.717) is 0 Å². The number of rotatable bonds is 5. The van der Waals surface area contributed by atoms with E-state index in [2.05, 4.69) is 6.92 Å². The standard InChI is InChI=1S/C16H31S/c1-2-3-14-17(15-10-6-4-7-11-15)16-12-8-5-9-13-16/h15-16H,2-14H2,1H3/q+1. The minimum absolute atomic E-state index is 0.803. The van der Waals surface area contributed by atoms with Crippen LogP contribution in [0.2, 0.25) is 0 Å². The molecular weight excluding hydrogens is 224 g/mol. The lowest BCUT2D eigenvalue weighted by atomic mass is 10.00. The summed E-state index contributed by atoms with van der Waals surface area (Å²) in [6.45, 7) is 2.36. The van der Waals surface area contributed by atoms with E-state index in [9.17, 15) is 0 Å². The molecular formula is C16H31S+. The van der Waals surface area contributed by atoms with Crippen LogP contribution in [-0.2, 0) is 10.9 Å². The van der Waals surface area contributed by atoms with Crippen molar-refractivity contribution in [3.63, 3.8) is 0 Å². The van der Waals surface area contributed by atoms with E-state index in [4.69, 9.17) is 0 Å². The van der Waals surface area contributed by atoms with E-state index in [0.717, 1.165) is 21.4 Å². The van der Waals surface area contributed by atoms with Gasteiger partial charge < -0.3 is 0 Å². The zero-order chi connectivity index (χ0) is 11.9. The predicted octanol–water partition coefficient (Wildman–Crippen LogP) is 5.07. The van der Waals surface area contributed by atoms with Crippen LogP contribution in [0.3, 0.4) is 0 Å². The fraction of sp³-hybridized carbons (Fsp3) is 1.00. The molecule has 100 valence electrons. The van der Waals surface area contributed by atoms with Gasteiger partial charge in [-0.2, -0.15) is 0 Å². The normalized spacial score (nSPS) is 24.4. The Morgan fingerprint density at radius 3 is 1.65 bits per heavy atom. The molecule has 0 nitrogen and oxygen atoms in total. The maximum absolute atomic E-state index is 2.36. The summed E-state index contributed by atoms with van der Waals surface area (Å²) in [6.07, 6.45) is 18.4. The van der Waals surface area contributed by atoms with Crippen molar-refractivity contribution in [3.05, 3.63) is 0 Å².